The number of allylic oxidation sites excluding steroid dienone is 1. The van der Waals surface area contributed by atoms with Crippen molar-refractivity contribution in [3.05, 3.63) is 47.7 Å². The molecule has 2 heteroatoms. The van der Waals surface area contributed by atoms with Crippen molar-refractivity contribution >= 4 is 17.6 Å². The van der Waals surface area contributed by atoms with E-state index in [1.165, 1.54) is 5.56 Å². The molecule has 120 valence electrons. The molecule has 0 heterocycles. The van der Waals surface area contributed by atoms with Gasteiger partial charge >= 0.3 is 0 Å². The van der Waals surface area contributed by atoms with Gasteiger partial charge in [0.15, 0.2) is 0 Å². The van der Waals surface area contributed by atoms with Gasteiger partial charge in [0.1, 0.15) is 17.6 Å². The second kappa shape index (κ2) is 9.17. The SMILES string of the molecule is CC(C)[Si](C#C[SiH2]C=CCc1ccccc1)(C(C)C)C(C)C. The first kappa shape index (κ1) is 19.0. The van der Waals surface area contributed by atoms with Gasteiger partial charge in [-0.1, -0.05) is 83.6 Å². The van der Waals surface area contributed by atoms with Crippen molar-refractivity contribution in [1.29, 1.82) is 0 Å². The monoisotopic (exact) mass is 328 g/mol. The van der Waals surface area contributed by atoms with E-state index in [1.807, 2.05) is 0 Å². The Morgan fingerprint density at radius 2 is 1.50 bits per heavy atom. The van der Waals surface area contributed by atoms with Crippen LogP contribution in [0.1, 0.15) is 47.1 Å². The lowest BCUT2D eigenvalue weighted by atomic mass is 10.2. The predicted octanol–water partition coefficient (Wildman–Crippen LogP) is 5.09. The lowest BCUT2D eigenvalue weighted by Crippen LogP contribution is -2.43. The Balaban J connectivity index is 2.67. The molecule has 1 aromatic carbocycles. The summed E-state index contributed by atoms with van der Waals surface area (Å²) in [5.41, 5.74) is 13.4. The molecule has 0 fully saturated rings. The highest BCUT2D eigenvalue weighted by Crippen LogP contribution is 2.40. The third-order valence-corrected chi connectivity index (χ3v) is 12.4. The average molecular weight is 329 g/mol. The second-order valence-electron chi connectivity index (χ2n) is 7.06. The number of hydrogen-bond donors (Lipinski definition) is 0. The van der Waals surface area contributed by atoms with Crippen LogP contribution in [0.3, 0.4) is 0 Å². The normalized spacial score (nSPS) is 12.8. The van der Waals surface area contributed by atoms with Crippen molar-refractivity contribution in [3.8, 4) is 11.1 Å². The topological polar surface area (TPSA) is 0 Å². The quantitative estimate of drug-likeness (QED) is 0.504. The van der Waals surface area contributed by atoms with Gasteiger partial charge in [-0.2, -0.15) is 0 Å². The van der Waals surface area contributed by atoms with Crippen LogP contribution in [-0.4, -0.2) is 17.6 Å². The summed E-state index contributed by atoms with van der Waals surface area (Å²) in [6.07, 6.45) is 3.34. The fraction of sp³-hybridized carbons (Fsp3) is 0.500. The lowest BCUT2D eigenvalue weighted by Gasteiger charge is -2.38. The fourth-order valence-corrected chi connectivity index (χ4v) is 10.6. The van der Waals surface area contributed by atoms with Gasteiger partial charge in [0.05, 0.1) is 0 Å². The minimum Gasteiger partial charge on any atom is -0.141 e. The summed E-state index contributed by atoms with van der Waals surface area (Å²) < 4.78 is 0. The Kier molecular flexibility index (Phi) is 7.92. The number of rotatable bonds is 6. The van der Waals surface area contributed by atoms with E-state index in [1.54, 1.807) is 0 Å². The van der Waals surface area contributed by atoms with Gasteiger partial charge in [-0.05, 0) is 28.6 Å². The molecule has 0 N–H and O–H groups in total. The Labute approximate surface area is 141 Å². The molecule has 0 aliphatic rings. The first-order valence-corrected chi connectivity index (χ1v) is 12.4. The van der Waals surface area contributed by atoms with Crippen LogP contribution in [-0.2, 0) is 6.42 Å². The standard InChI is InChI=1S/C20H32Si2/c1-17(2)22(18(3)4,19(5)6)16-15-21-14-10-13-20-11-8-7-9-12-20/h7-12,14,17-19H,13,21H2,1-6H3. The Morgan fingerprint density at radius 3 is 2.00 bits per heavy atom. The minimum atomic E-state index is -1.51. The zero-order valence-corrected chi connectivity index (χ0v) is 17.6. The Hall–Kier alpha value is -1.05. The summed E-state index contributed by atoms with van der Waals surface area (Å²) in [7, 11) is -1.90. The van der Waals surface area contributed by atoms with Gasteiger partial charge < -0.3 is 0 Å². The maximum Gasteiger partial charge on any atom is 0.145 e. The van der Waals surface area contributed by atoms with Gasteiger partial charge in [-0.3, -0.25) is 0 Å². The van der Waals surface area contributed by atoms with Gasteiger partial charge in [-0.25, -0.2) is 0 Å². The number of hydrogen-bond acceptors (Lipinski definition) is 0. The zero-order valence-electron chi connectivity index (χ0n) is 15.2. The third kappa shape index (κ3) is 5.00. The van der Waals surface area contributed by atoms with Gasteiger partial charge in [0.2, 0.25) is 0 Å². The molecule has 0 aliphatic carbocycles. The molecule has 22 heavy (non-hydrogen) atoms. The minimum absolute atomic E-state index is 0.387. The van der Waals surface area contributed by atoms with Crippen LogP contribution in [0.4, 0.5) is 0 Å². The molecule has 1 aromatic rings. The van der Waals surface area contributed by atoms with E-state index in [0.29, 0.717) is 0 Å². The van der Waals surface area contributed by atoms with E-state index in [9.17, 15) is 0 Å². The summed E-state index contributed by atoms with van der Waals surface area (Å²) in [6.45, 7) is 14.3. The maximum atomic E-state index is 3.83. The first-order valence-electron chi connectivity index (χ1n) is 8.60. The summed E-state index contributed by atoms with van der Waals surface area (Å²) in [4.78, 5) is 0. The Morgan fingerprint density at radius 1 is 0.955 bits per heavy atom. The van der Waals surface area contributed by atoms with Crippen molar-refractivity contribution < 1.29 is 0 Å². The molecular formula is C20H32Si2. The van der Waals surface area contributed by atoms with Crippen molar-refractivity contribution in [1.82, 2.24) is 0 Å². The molecule has 0 saturated carbocycles. The molecule has 0 radical (unpaired) electrons. The van der Waals surface area contributed by atoms with Gasteiger partial charge in [0.25, 0.3) is 0 Å². The van der Waals surface area contributed by atoms with Crippen molar-refractivity contribution in [2.24, 2.45) is 0 Å². The summed E-state index contributed by atoms with van der Waals surface area (Å²) in [5, 5.41) is 0. The highest BCUT2D eigenvalue weighted by molar-refractivity contribution is 6.91. The average Bonchev–Trinajstić information content (AvgIpc) is 2.46. The lowest BCUT2D eigenvalue weighted by molar-refractivity contribution is 0.838. The molecule has 0 bridgehead atoms. The van der Waals surface area contributed by atoms with Crippen LogP contribution in [0, 0.1) is 11.1 Å². The smallest absolute Gasteiger partial charge is 0.141 e. The highest BCUT2D eigenvalue weighted by atomic mass is 28.3. The van der Waals surface area contributed by atoms with E-state index in [2.05, 4.69) is 94.7 Å². The van der Waals surface area contributed by atoms with Crippen LogP contribution >= 0.6 is 0 Å². The summed E-state index contributed by atoms with van der Waals surface area (Å²) in [5.74, 6) is 0. The molecule has 0 spiro atoms. The number of benzene rings is 1. The van der Waals surface area contributed by atoms with Crippen molar-refractivity contribution in [2.45, 2.75) is 64.6 Å². The van der Waals surface area contributed by atoms with E-state index in [4.69, 9.17) is 0 Å². The molecule has 0 saturated heterocycles. The van der Waals surface area contributed by atoms with Crippen LogP contribution in [0.2, 0.25) is 16.6 Å². The maximum absolute atomic E-state index is 3.83. The highest BCUT2D eigenvalue weighted by Gasteiger charge is 2.41. The molecule has 0 amide bonds. The molecule has 0 aromatic heterocycles. The van der Waals surface area contributed by atoms with E-state index >= 15 is 0 Å². The summed E-state index contributed by atoms with van der Waals surface area (Å²) >= 11 is 0. The van der Waals surface area contributed by atoms with Gasteiger partial charge in [-0.15, -0.1) is 11.1 Å². The van der Waals surface area contributed by atoms with Gasteiger partial charge in [0, 0.05) is 0 Å². The van der Waals surface area contributed by atoms with Crippen molar-refractivity contribution in [3.63, 3.8) is 0 Å². The summed E-state index contributed by atoms with van der Waals surface area (Å²) in [6, 6.07) is 10.7. The van der Waals surface area contributed by atoms with E-state index in [0.717, 1.165) is 23.0 Å². The van der Waals surface area contributed by atoms with Crippen LogP contribution in [0.25, 0.3) is 0 Å². The predicted molar refractivity (Wildman–Crippen MR) is 107 cm³/mol. The molecule has 1 rings (SSSR count). The van der Waals surface area contributed by atoms with Crippen LogP contribution < -0.4 is 0 Å². The molecule has 0 unspecified atom stereocenters. The molecular weight excluding hydrogens is 296 g/mol. The molecule has 0 atom stereocenters. The van der Waals surface area contributed by atoms with Crippen LogP contribution in [0.15, 0.2) is 42.1 Å². The largest absolute Gasteiger partial charge is 0.145 e. The second-order valence-corrected chi connectivity index (χ2v) is 13.9. The first-order chi connectivity index (χ1) is 10.4. The fourth-order valence-electron chi connectivity index (χ4n) is 3.61. The van der Waals surface area contributed by atoms with Crippen molar-refractivity contribution in [2.75, 3.05) is 0 Å². The molecule has 0 nitrogen and oxygen atoms in total. The molecule has 0 aliphatic heterocycles. The third-order valence-electron chi connectivity index (χ3n) is 4.75. The van der Waals surface area contributed by atoms with E-state index in [-0.39, 0.29) is 9.52 Å². The Bertz CT molecular complexity index is 494. The van der Waals surface area contributed by atoms with E-state index < -0.39 is 8.07 Å². The zero-order chi connectivity index (χ0) is 16.6. The van der Waals surface area contributed by atoms with Crippen LogP contribution in [0.5, 0.6) is 0 Å².